The number of rotatable bonds is 6. The molecule has 2 aromatic rings. The van der Waals surface area contributed by atoms with Crippen molar-refractivity contribution in [1.29, 1.82) is 0 Å². The Bertz CT molecular complexity index is 491. The summed E-state index contributed by atoms with van der Waals surface area (Å²) in [5.74, 6) is 1.37. The number of thiophene rings is 1. The lowest BCUT2D eigenvalue weighted by Crippen LogP contribution is -2.27. The molecule has 1 amide bonds. The number of carbonyl (C=O) groups is 1. The summed E-state index contributed by atoms with van der Waals surface area (Å²) < 4.78 is 5.18. The molecule has 0 atom stereocenters. The lowest BCUT2D eigenvalue weighted by molar-refractivity contribution is -0.118. The first kappa shape index (κ1) is 13.2. The van der Waals surface area contributed by atoms with E-state index >= 15 is 0 Å². The normalized spacial score (nSPS) is 10.5. The number of amides is 1. The van der Waals surface area contributed by atoms with Gasteiger partial charge in [0, 0.05) is 16.3 Å². The Morgan fingerprint density at radius 3 is 3.06 bits per heavy atom. The summed E-state index contributed by atoms with van der Waals surface area (Å²) in [5.41, 5.74) is 0. The fraction of sp³-hybridized carbons (Fsp3) is 0.308. The first-order valence-corrected chi connectivity index (χ1v) is 7.58. The van der Waals surface area contributed by atoms with Crippen LogP contribution in [0.1, 0.15) is 10.6 Å². The summed E-state index contributed by atoms with van der Waals surface area (Å²) in [6.45, 7) is 2.60. The van der Waals surface area contributed by atoms with Crippen LogP contribution in [-0.2, 0) is 11.2 Å². The third-order valence-electron chi connectivity index (χ3n) is 2.44. The Hall–Kier alpha value is -1.20. The minimum absolute atomic E-state index is 0.0668. The zero-order valence-electron chi connectivity index (χ0n) is 10.1. The molecule has 0 radical (unpaired) electrons. The van der Waals surface area contributed by atoms with Gasteiger partial charge in [-0.15, -0.1) is 23.1 Å². The molecular weight excluding hydrogens is 266 g/mol. The van der Waals surface area contributed by atoms with Crippen molar-refractivity contribution in [2.75, 3.05) is 12.3 Å². The summed E-state index contributed by atoms with van der Waals surface area (Å²) in [6, 6.07) is 6.00. The molecule has 2 aromatic heterocycles. The summed E-state index contributed by atoms with van der Waals surface area (Å²) in [7, 11) is 0. The summed E-state index contributed by atoms with van der Waals surface area (Å²) >= 11 is 3.23. The second-order valence-electron chi connectivity index (χ2n) is 3.81. The van der Waals surface area contributed by atoms with E-state index in [1.54, 1.807) is 17.6 Å². The Labute approximate surface area is 115 Å². The van der Waals surface area contributed by atoms with Gasteiger partial charge in [0.1, 0.15) is 5.76 Å². The fourth-order valence-corrected chi connectivity index (χ4v) is 3.00. The third-order valence-corrected chi connectivity index (χ3v) is 4.52. The molecule has 0 fully saturated rings. The van der Waals surface area contributed by atoms with E-state index in [2.05, 4.69) is 16.8 Å². The largest absolute Gasteiger partial charge is 0.468 e. The number of nitrogens with one attached hydrogen (secondary N) is 1. The molecule has 5 heteroatoms. The smallest absolute Gasteiger partial charge is 0.230 e. The molecule has 0 aromatic carbocycles. The van der Waals surface area contributed by atoms with Crippen molar-refractivity contribution in [2.45, 2.75) is 18.2 Å². The zero-order valence-corrected chi connectivity index (χ0v) is 11.8. The van der Waals surface area contributed by atoms with Gasteiger partial charge in [-0.05, 0) is 30.9 Å². The number of hydrogen-bond acceptors (Lipinski definition) is 4. The van der Waals surface area contributed by atoms with Crippen LogP contribution >= 0.6 is 23.1 Å². The molecule has 96 valence electrons. The first-order valence-electron chi connectivity index (χ1n) is 5.71. The van der Waals surface area contributed by atoms with Gasteiger partial charge in [0.2, 0.25) is 5.91 Å². The highest BCUT2D eigenvalue weighted by Gasteiger charge is 2.06. The Morgan fingerprint density at radius 1 is 1.50 bits per heavy atom. The van der Waals surface area contributed by atoms with Crippen LogP contribution in [0.4, 0.5) is 0 Å². The number of aryl methyl sites for hydroxylation is 1. The molecule has 0 bridgehead atoms. The van der Waals surface area contributed by atoms with Crippen molar-refractivity contribution < 1.29 is 9.21 Å². The van der Waals surface area contributed by atoms with Gasteiger partial charge in [-0.25, -0.2) is 0 Å². The highest BCUT2D eigenvalue weighted by Crippen LogP contribution is 2.22. The molecule has 18 heavy (non-hydrogen) atoms. The van der Waals surface area contributed by atoms with E-state index in [1.807, 2.05) is 19.1 Å². The summed E-state index contributed by atoms with van der Waals surface area (Å²) in [5, 5.41) is 4.97. The molecule has 0 spiro atoms. The number of carbonyl (C=O) groups excluding carboxylic acids is 1. The maximum Gasteiger partial charge on any atom is 0.230 e. The SMILES string of the molecule is Cc1occc1SCC(=O)NCCc1cccs1. The van der Waals surface area contributed by atoms with E-state index in [9.17, 15) is 4.79 Å². The molecular formula is C13H15NO2S2. The van der Waals surface area contributed by atoms with Crippen molar-refractivity contribution >= 4 is 29.0 Å². The minimum atomic E-state index is 0.0668. The zero-order chi connectivity index (χ0) is 12.8. The van der Waals surface area contributed by atoms with Crippen molar-refractivity contribution in [1.82, 2.24) is 5.32 Å². The van der Waals surface area contributed by atoms with Crippen LogP contribution in [0.15, 0.2) is 39.2 Å². The Balaban J connectivity index is 1.65. The number of hydrogen-bond donors (Lipinski definition) is 1. The van der Waals surface area contributed by atoms with Gasteiger partial charge >= 0.3 is 0 Å². The van der Waals surface area contributed by atoms with Gasteiger partial charge in [0.25, 0.3) is 0 Å². The van der Waals surface area contributed by atoms with Crippen molar-refractivity contribution in [3.63, 3.8) is 0 Å². The second kappa shape index (κ2) is 6.66. The molecule has 0 saturated heterocycles. The van der Waals surface area contributed by atoms with Gasteiger partial charge in [-0.2, -0.15) is 0 Å². The Kier molecular flexibility index (Phi) is 4.90. The van der Waals surface area contributed by atoms with Gasteiger partial charge in [-0.1, -0.05) is 6.07 Å². The molecule has 0 aliphatic rings. The quantitative estimate of drug-likeness (QED) is 0.827. The third kappa shape index (κ3) is 3.92. The summed E-state index contributed by atoms with van der Waals surface area (Å²) in [4.78, 5) is 13.9. The molecule has 2 rings (SSSR count). The molecule has 1 N–H and O–H groups in total. The van der Waals surface area contributed by atoms with Crippen molar-refractivity contribution in [3.8, 4) is 0 Å². The monoisotopic (exact) mass is 281 g/mol. The van der Waals surface area contributed by atoms with Crippen LogP contribution in [0.3, 0.4) is 0 Å². The molecule has 0 unspecified atom stereocenters. The number of thioether (sulfide) groups is 1. The van der Waals surface area contributed by atoms with Crippen LogP contribution in [0.25, 0.3) is 0 Å². The molecule has 0 saturated carbocycles. The topological polar surface area (TPSA) is 42.2 Å². The minimum Gasteiger partial charge on any atom is -0.468 e. The fourth-order valence-electron chi connectivity index (χ4n) is 1.50. The van der Waals surface area contributed by atoms with E-state index in [0.717, 1.165) is 17.1 Å². The van der Waals surface area contributed by atoms with Crippen LogP contribution in [-0.4, -0.2) is 18.2 Å². The van der Waals surface area contributed by atoms with E-state index in [1.165, 1.54) is 16.6 Å². The van der Waals surface area contributed by atoms with Crippen LogP contribution in [0, 0.1) is 6.92 Å². The second-order valence-corrected chi connectivity index (χ2v) is 5.86. The Morgan fingerprint density at radius 2 is 2.39 bits per heavy atom. The van der Waals surface area contributed by atoms with Gasteiger partial charge in [-0.3, -0.25) is 4.79 Å². The van der Waals surface area contributed by atoms with E-state index in [0.29, 0.717) is 12.3 Å². The molecule has 2 heterocycles. The highest BCUT2D eigenvalue weighted by atomic mass is 32.2. The maximum atomic E-state index is 11.6. The predicted octanol–water partition coefficient (Wildman–Crippen LogP) is 3.10. The average molecular weight is 281 g/mol. The average Bonchev–Trinajstić information content (AvgIpc) is 2.98. The lowest BCUT2D eigenvalue weighted by Gasteiger charge is -2.03. The first-order chi connectivity index (χ1) is 8.75. The maximum absolute atomic E-state index is 11.6. The van der Waals surface area contributed by atoms with Gasteiger partial charge < -0.3 is 9.73 Å². The molecule has 0 aliphatic heterocycles. The standard InChI is InChI=1S/C13H15NO2S2/c1-10-12(5-7-16-10)18-9-13(15)14-6-4-11-3-2-8-17-11/h2-3,5,7-8H,4,6,9H2,1H3,(H,14,15). The van der Waals surface area contributed by atoms with Crippen LogP contribution < -0.4 is 5.32 Å². The van der Waals surface area contributed by atoms with Crippen LogP contribution in [0.2, 0.25) is 0 Å². The highest BCUT2D eigenvalue weighted by molar-refractivity contribution is 8.00. The molecule has 0 aliphatic carbocycles. The predicted molar refractivity (Wildman–Crippen MR) is 75.2 cm³/mol. The van der Waals surface area contributed by atoms with E-state index in [-0.39, 0.29) is 5.91 Å². The van der Waals surface area contributed by atoms with Crippen molar-refractivity contribution in [2.24, 2.45) is 0 Å². The summed E-state index contributed by atoms with van der Waals surface area (Å²) in [6.07, 6.45) is 2.55. The van der Waals surface area contributed by atoms with Crippen LogP contribution in [0.5, 0.6) is 0 Å². The number of furan rings is 1. The van der Waals surface area contributed by atoms with E-state index < -0.39 is 0 Å². The lowest BCUT2D eigenvalue weighted by atomic mass is 10.3. The molecule has 3 nitrogen and oxygen atoms in total. The van der Waals surface area contributed by atoms with Crippen molar-refractivity contribution in [3.05, 3.63) is 40.5 Å². The van der Waals surface area contributed by atoms with E-state index in [4.69, 9.17) is 4.42 Å². The van der Waals surface area contributed by atoms with Gasteiger partial charge in [0.15, 0.2) is 0 Å². The van der Waals surface area contributed by atoms with Gasteiger partial charge in [0.05, 0.1) is 12.0 Å².